The van der Waals surface area contributed by atoms with E-state index in [0.717, 1.165) is 17.5 Å². The minimum absolute atomic E-state index is 0.437. The minimum atomic E-state index is 0.437. The zero-order chi connectivity index (χ0) is 13.1. The van der Waals surface area contributed by atoms with Gasteiger partial charge in [-0.2, -0.15) is 5.26 Å². The van der Waals surface area contributed by atoms with Crippen LogP contribution in [0.15, 0.2) is 24.4 Å². The average molecular weight is 239 g/mol. The molecule has 0 aliphatic heterocycles. The van der Waals surface area contributed by atoms with Gasteiger partial charge in [-0.3, -0.25) is 9.36 Å². The Hall–Kier alpha value is -2.41. The van der Waals surface area contributed by atoms with Gasteiger partial charge < -0.3 is 0 Å². The van der Waals surface area contributed by atoms with E-state index in [4.69, 9.17) is 5.26 Å². The van der Waals surface area contributed by atoms with Gasteiger partial charge in [0.25, 0.3) is 0 Å². The number of hydrogen-bond donors (Lipinski definition) is 0. The van der Waals surface area contributed by atoms with Crippen molar-refractivity contribution in [3.8, 4) is 11.9 Å². The minimum Gasteiger partial charge on any atom is -0.298 e. The normalized spacial score (nSPS) is 10.1. The third kappa shape index (κ3) is 1.91. The maximum Gasteiger partial charge on any atom is 0.151 e. The number of carbonyl (C=O) groups is 1. The summed E-state index contributed by atoms with van der Waals surface area (Å²) in [6.45, 7) is 3.92. The predicted octanol–water partition coefficient (Wildman–Crippen LogP) is 2.43. The smallest absolute Gasteiger partial charge is 0.151 e. The number of pyridine rings is 1. The molecule has 4 nitrogen and oxygen atoms in total. The van der Waals surface area contributed by atoms with E-state index in [0.29, 0.717) is 23.5 Å². The lowest BCUT2D eigenvalue weighted by Crippen LogP contribution is -2.05. The topological polar surface area (TPSA) is 58.7 Å². The lowest BCUT2D eigenvalue weighted by molar-refractivity contribution is 0.112. The Balaban J connectivity index is 2.73. The summed E-state index contributed by atoms with van der Waals surface area (Å²) < 4.78 is 1.75. The van der Waals surface area contributed by atoms with E-state index in [2.05, 4.69) is 11.1 Å². The highest BCUT2D eigenvalue weighted by atomic mass is 16.1. The van der Waals surface area contributed by atoms with E-state index in [1.807, 2.05) is 26.0 Å². The van der Waals surface area contributed by atoms with Crippen LogP contribution in [0.2, 0.25) is 0 Å². The molecule has 18 heavy (non-hydrogen) atoms. The van der Waals surface area contributed by atoms with Gasteiger partial charge in [0.05, 0.1) is 0 Å². The largest absolute Gasteiger partial charge is 0.298 e. The monoisotopic (exact) mass is 239 g/mol. The molecule has 0 unspecified atom stereocenters. The van der Waals surface area contributed by atoms with E-state index < -0.39 is 0 Å². The Morgan fingerprint density at radius 2 is 2.28 bits per heavy atom. The van der Waals surface area contributed by atoms with Crippen LogP contribution >= 0.6 is 0 Å². The van der Waals surface area contributed by atoms with Crippen molar-refractivity contribution < 1.29 is 4.79 Å². The highest BCUT2D eigenvalue weighted by molar-refractivity contribution is 5.78. The Kier molecular flexibility index (Phi) is 3.24. The summed E-state index contributed by atoms with van der Waals surface area (Å²) >= 11 is 0. The van der Waals surface area contributed by atoms with Gasteiger partial charge in [0.15, 0.2) is 6.29 Å². The molecule has 0 spiro atoms. The maximum absolute atomic E-state index is 11.0. The lowest BCUT2D eigenvalue weighted by atomic mass is 10.2. The fourth-order valence-corrected chi connectivity index (χ4v) is 2.02. The van der Waals surface area contributed by atoms with Crippen LogP contribution in [0.5, 0.6) is 0 Å². The molecule has 0 saturated carbocycles. The first-order valence-corrected chi connectivity index (χ1v) is 5.74. The van der Waals surface area contributed by atoms with Crippen molar-refractivity contribution in [2.45, 2.75) is 20.3 Å². The van der Waals surface area contributed by atoms with Crippen molar-refractivity contribution in [2.24, 2.45) is 0 Å². The number of carbonyl (C=O) groups excluding carboxylic acids is 1. The van der Waals surface area contributed by atoms with Gasteiger partial charge in [-0.15, -0.1) is 0 Å². The molecule has 0 aliphatic carbocycles. The molecular weight excluding hydrogens is 226 g/mol. The number of nitriles is 1. The fraction of sp³-hybridized carbons (Fsp3) is 0.214. The summed E-state index contributed by atoms with van der Waals surface area (Å²) in [4.78, 5) is 15.3. The average Bonchev–Trinajstić information content (AvgIpc) is 2.76. The van der Waals surface area contributed by atoms with Gasteiger partial charge in [-0.1, -0.05) is 6.92 Å². The first kappa shape index (κ1) is 12.1. The van der Waals surface area contributed by atoms with E-state index in [9.17, 15) is 4.79 Å². The van der Waals surface area contributed by atoms with Crippen molar-refractivity contribution in [3.63, 3.8) is 0 Å². The van der Waals surface area contributed by atoms with Gasteiger partial charge in [-0.25, -0.2) is 4.98 Å². The molecule has 0 radical (unpaired) electrons. The van der Waals surface area contributed by atoms with Crippen LogP contribution < -0.4 is 0 Å². The molecule has 0 saturated heterocycles. The molecule has 0 aliphatic rings. The molecule has 2 rings (SSSR count). The second-order valence-corrected chi connectivity index (χ2v) is 4.04. The zero-order valence-electron chi connectivity index (χ0n) is 10.3. The lowest BCUT2D eigenvalue weighted by Gasteiger charge is -2.09. The van der Waals surface area contributed by atoms with Gasteiger partial charge in [0, 0.05) is 17.5 Å². The van der Waals surface area contributed by atoms with E-state index in [1.165, 1.54) is 0 Å². The molecule has 0 N–H and O–H groups in total. The third-order valence-electron chi connectivity index (χ3n) is 2.84. The molecule has 90 valence electrons. The van der Waals surface area contributed by atoms with E-state index in [-0.39, 0.29) is 0 Å². The van der Waals surface area contributed by atoms with Crippen LogP contribution in [0.25, 0.3) is 5.82 Å². The SMILES string of the molecule is CCc1c(C=O)cc(C#N)n1-c1cc(C)ccn1. The van der Waals surface area contributed by atoms with E-state index in [1.54, 1.807) is 16.8 Å². The summed E-state index contributed by atoms with van der Waals surface area (Å²) in [6, 6.07) is 7.51. The maximum atomic E-state index is 11.0. The Bertz CT molecular complexity index is 635. The summed E-state index contributed by atoms with van der Waals surface area (Å²) in [5, 5.41) is 9.16. The molecule has 4 heteroatoms. The molecule has 0 amide bonds. The highest BCUT2D eigenvalue weighted by Crippen LogP contribution is 2.20. The van der Waals surface area contributed by atoms with E-state index >= 15 is 0 Å². The first-order chi connectivity index (χ1) is 8.71. The predicted molar refractivity (Wildman–Crippen MR) is 67.8 cm³/mol. The number of hydrogen-bond acceptors (Lipinski definition) is 3. The van der Waals surface area contributed by atoms with Crippen LogP contribution in [-0.4, -0.2) is 15.8 Å². The molecular formula is C14H13N3O. The molecule has 0 atom stereocenters. The van der Waals surface area contributed by atoms with Gasteiger partial charge in [0.1, 0.15) is 17.6 Å². The molecule has 0 aromatic carbocycles. The van der Waals surface area contributed by atoms with Crippen LogP contribution in [0.4, 0.5) is 0 Å². The van der Waals surface area contributed by atoms with Crippen molar-refractivity contribution >= 4 is 6.29 Å². The summed E-state index contributed by atoms with van der Waals surface area (Å²) in [7, 11) is 0. The second kappa shape index (κ2) is 4.84. The van der Waals surface area contributed by atoms with Crippen molar-refractivity contribution in [2.75, 3.05) is 0 Å². The number of aromatic nitrogens is 2. The molecule has 0 bridgehead atoms. The second-order valence-electron chi connectivity index (χ2n) is 4.04. The fourth-order valence-electron chi connectivity index (χ4n) is 2.02. The molecule has 2 aromatic rings. The van der Waals surface area contributed by atoms with Crippen LogP contribution in [0.3, 0.4) is 0 Å². The standard InChI is InChI=1S/C14H13N3O/c1-3-13-11(9-18)7-12(8-15)17(13)14-6-10(2)4-5-16-14/h4-7,9H,3H2,1-2H3. The Morgan fingerprint density at radius 1 is 1.50 bits per heavy atom. The Labute approximate surface area is 106 Å². The Morgan fingerprint density at radius 3 is 2.83 bits per heavy atom. The van der Waals surface area contributed by atoms with Gasteiger partial charge in [0.2, 0.25) is 0 Å². The highest BCUT2D eigenvalue weighted by Gasteiger charge is 2.15. The third-order valence-corrected chi connectivity index (χ3v) is 2.84. The molecule has 2 heterocycles. The number of nitrogens with zero attached hydrogens (tertiary/aromatic N) is 3. The van der Waals surface area contributed by atoms with Crippen LogP contribution in [-0.2, 0) is 6.42 Å². The quantitative estimate of drug-likeness (QED) is 0.773. The van der Waals surface area contributed by atoms with Gasteiger partial charge >= 0.3 is 0 Å². The number of aryl methyl sites for hydroxylation is 1. The van der Waals surface area contributed by atoms with Crippen molar-refractivity contribution in [1.82, 2.24) is 9.55 Å². The van der Waals surface area contributed by atoms with Crippen LogP contribution in [0, 0.1) is 18.3 Å². The molecule has 0 fully saturated rings. The molecule has 2 aromatic heterocycles. The van der Waals surface area contributed by atoms with Crippen molar-refractivity contribution in [1.29, 1.82) is 5.26 Å². The first-order valence-electron chi connectivity index (χ1n) is 5.74. The van der Waals surface area contributed by atoms with Crippen molar-refractivity contribution in [3.05, 3.63) is 46.9 Å². The van der Waals surface area contributed by atoms with Gasteiger partial charge in [-0.05, 0) is 37.1 Å². The number of aldehydes is 1. The van der Waals surface area contributed by atoms with Crippen LogP contribution in [0.1, 0.15) is 34.2 Å². The summed E-state index contributed by atoms with van der Waals surface area (Å²) in [5.74, 6) is 0.677. The zero-order valence-corrected chi connectivity index (χ0v) is 10.3. The summed E-state index contributed by atoms with van der Waals surface area (Å²) in [5.41, 5.74) is 2.87. The summed E-state index contributed by atoms with van der Waals surface area (Å²) in [6.07, 6.45) is 3.16. The number of rotatable bonds is 3.